The molecule has 0 aliphatic heterocycles. The minimum atomic E-state index is -0.754. The third kappa shape index (κ3) is 4.05. The van der Waals surface area contributed by atoms with E-state index < -0.39 is 28.3 Å². The molecule has 1 saturated carbocycles. The van der Waals surface area contributed by atoms with E-state index in [4.69, 9.17) is 0 Å². The van der Waals surface area contributed by atoms with E-state index in [-0.39, 0.29) is 30.9 Å². The van der Waals surface area contributed by atoms with E-state index in [1.54, 1.807) is 6.92 Å². The number of hydrogen-bond donors (Lipinski definition) is 3. The lowest BCUT2D eigenvalue weighted by Gasteiger charge is -2.30. The van der Waals surface area contributed by atoms with E-state index in [0.29, 0.717) is 24.1 Å². The number of benzene rings is 1. The summed E-state index contributed by atoms with van der Waals surface area (Å²) in [6, 6.07) is 3.82. The Hall–Kier alpha value is -2.77. The molecule has 3 N–H and O–H groups in total. The minimum Gasteiger partial charge on any atom is -0.355 e. The van der Waals surface area contributed by atoms with Crippen molar-refractivity contribution in [1.29, 1.82) is 0 Å². The van der Waals surface area contributed by atoms with Gasteiger partial charge < -0.3 is 10.3 Å². The summed E-state index contributed by atoms with van der Waals surface area (Å²) in [6.45, 7) is 1.74. The Bertz CT molecular complexity index is 971. The quantitative estimate of drug-likeness (QED) is 0.705. The molecule has 150 valence electrons. The molecule has 1 amide bonds. The Balaban J connectivity index is 1.69. The molecule has 3 rings (SSSR count). The normalized spacial score (nSPS) is 15.5. The highest BCUT2D eigenvalue weighted by Crippen LogP contribution is 2.42. The maximum atomic E-state index is 14.3. The second-order valence-corrected chi connectivity index (χ2v) is 7.37. The first-order chi connectivity index (χ1) is 13.3. The number of nitrogens with one attached hydrogen (secondary N) is 3. The number of aryl methyl sites for hydroxylation is 1. The zero-order valence-corrected chi connectivity index (χ0v) is 15.7. The second-order valence-electron chi connectivity index (χ2n) is 7.37. The molecule has 0 spiro atoms. The summed E-state index contributed by atoms with van der Waals surface area (Å²) in [4.78, 5) is 40.0. The van der Waals surface area contributed by atoms with Gasteiger partial charge in [-0.15, -0.1) is 0 Å². The fourth-order valence-electron chi connectivity index (χ4n) is 4.09. The molecule has 6 nitrogen and oxygen atoms in total. The lowest BCUT2D eigenvalue weighted by atomic mass is 9.78. The molecule has 2 aromatic rings. The smallest absolute Gasteiger partial charge is 0.325 e. The molecule has 1 heterocycles. The van der Waals surface area contributed by atoms with Crippen LogP contribution in [0.3, 0.4) is 0 Å². The number of halogens is 2. The van der Waals surface area contributed by atoms with Crippen molar-refractivity contribution in [3.8, 4) is 0 Å². The molecule has 0 saturated heterocycles. The van der Waals surface area contributed by atoms with Gasteiger partial charge in [-0.2, -0.15) is 0 Å². The molecular weight excluding hydrogens is 368 g/mol. The molecule has 0 radical (unpaired) electrons. The maximum absolute atomic E-state index is 14.3. The Labute approximate surface area is 160 Å². The second kappa shape index (κ2) is 8.08. The van der Waals surface area contributed by atoms with Gasteiger partial charge in [0.15, 0.2) is 0 Å². The molecule has 0 atom stereocenters. The molecular formula is C20H23F2N3O3. The van der Waals surface area contributed by atoms with Crippen LogP contribution in [0.15, 0.2) is 27.8 Å². The van der Waals surface area contributed by atoms with E-state index >= 15 is 0 Å². The van der Waals surface area contributed by atoms with Gasteiger partial charge >= 0.3 is 5.69 Å². The average molecular weight is 391 g/mol. The molecule has 1 aromatic carbocycles. The van der Waals surface area contributed by atoms with Crippen molar-refractivity contribution in [2.45, 2.75) is 50.9 Å². The fourth-order valence-corrected chi connectivity index (χ4v) is 4.09. The Morgan fingerprint density at radius 3 is 2.39 bits per heavy atom. The topological polar surface area (TPSA) is 94.8 Å². The Kier molecular flexibility index (Phi) is 5.76. The summed E-state index contributed by atoms with van der Waals surface area (Å²) < 4.78 is 28.7. The Morgan fingerprint density at radius 1 is 1.14 bits per heavy atom. The summed E-state index contributed by atoms with van der Waals surface area (Å²) in [5.41, 5.74) is -1.06. The van der Waals surface area contributed by atoms with E-state index in [1.165, 1.54) is 18.2 Å². The van der Waals surface area contributed by atoms with Crippen LogP contribution in [0.2, 0.25) is 0 Å². The van der Waals surface area contributed by atoms with Gasteiger partial charge in [-0.05, 0) is 38.3 Å². The lowest BCUT2D eigenvalue weighted by Crippen LogP contribution is -2.40. The Morgan fingerprint density at radius 2 is 1.79 bits per heavy atom. The molecule has 1 fully saturated rings. The number of rotatable bonds is 6. The van der Waals surface area contributed by atoms with Crippen molar-refractivity contribution in [1.82, 2.24) is 15.3 Å². The van der Waals surface area contributed by atoms with Crippen LogP contribution in [0.1, 0.15) is 48.9 Å². The van der Waals surface area contributed by atoms with E-state index in [0.717, 1.165) is 12.8 Å². The van der Waals surface area contributed by atoms with Crippen molar-refractivity contribution >= 4 is 5.91 Å². The van der Waals surface area contributed by atoms with Crippen LogP contribution in [0.5, 0.6) is 0 Å². The molecule has 0 unspecified atom stereocenters. The van der Waals surface area contributed by atoms with Crippen LogP contribution < -0.4 is 16.6 Å². The van der Waals surface area contributed by atoms with E-state index in [9.17, 15) is 23.2 Å². The van der Waals surface area contributed by atoms with Crippen LogP contribution in [0.4, 0.5) is 8.78 Å². The largest absolute Gasteiger partial charge is 0.355 e. The van der Waals surface area contributed by atoms with Crippen LogP contribution in [-0.4, -0.2) is 22.4 Å². The van der Waals surface area contributed by atoms with Gasteiger partial charge in [0.1, 0.15) is 11.6 Å². The van der Waals surface area contributed by atoms with Gasteiger partial charge in [0, 0.05) is 35.2 Å². The predicted octanol–water partition coefficient (Wildman–Crippen LogP) is 2.21. The van der Waals surface area contributed by atoms with Crippen molar-refractivity contribution < 1.29 is 13.6 Å². The summed E-state index contributed by atoms with van der Waals surface area (Å²) in [5, 5.41) is 2.78. The number of aromatic nitrogens is 2. The SMILES string of the molecule is Cc1[nH]c(=O)[nH]c(=O)c1CCC(=O)NCC1(c2c(F)cccc2F)CCCC1. The monoisotopic (exact) mass is 391 g/mol. The number of carbonyl (C=O) groups excluding carboxylic acids is 1. The minimum absolute atomic E-state index is 0.0335. The first-order valence-corrected chi connectivity index (χ1v) is 9.36. The first-order valence-electron chi connectivity index (χ1n) is 9.36. The third-order valence-electron chi connectivity index (χ3n) is 5.53. The average Bonchev–Trinajstić information content (AvgIpc) is 3.08. The summed E-state index contributed by atoms with van der Waals surface area (Å²) in [7, 11) is 0. The summed E-state index contributed by atoms with van der Waals surface area (Å²) >= 11 is 0. The highest BCUT2D eigenvalue weighted by molar-refractivity contribution is 5.76. The fraction of sp³-hybridized carbons (Fsp3) is 0.450. The number of amides is 1. The van der Waals surface area contributed by atoms with Crippen LogP contribution in [0, 0.1) is 18.6 Å². The maximum Gasteiger partial charge on any atom is 0.325 e. The first kappa shape index (κ1) is 20.0. The third-order valence-corrected chi connectivity index (χ3v) is 5.53. The van der Waals surface area contributed by atoms with Crippen molar-refractivity contribution in [3.63, 3.8) is 0 Å². The summed E-state index contributed by atoms with van der Waals surface area (Å²) in [5.74, 6) is -1.49. The van der Waals surface area contributed by atoms with Gasteiger partial charge in [-0.3, -0.25) is 14.6 Å². The van der Waals surface area contributed by atoms with Crippen molar-refractivity contribution in [3.05, 3.63) is 67.5 Å². The predicted molar refractivity (Wildman–Crippen MR) is 100 cm³/mol. The van der Waals surface area contributed by atoms with Crippen LogP contribution >= 0.6 is 0 Å². The van der Waals surface area contributed by atoms with Gasteiger partial charge in [-0.1, -0.05) is 18.9 Å². The van der Waals surface area contributed by atoms with Gasteiger partial charge in [0.2, 0.25) is 5.91 Å². The standard InChI is InChI=1S/C20H23F2N3O3/c1-12-13(18(27)25-19(28)24-12)7-8-16(26)23-11-20(9-2-3-10-20)17-14(21)5-4-6-15(17)22/h4-6H,2-3,7-11H2,1H3,(H,23,26)(H2,24,25,27,28). The molecule has 8 heteroatoms. The molecule has 1 aromatic heterocycles. The molecule has 0 bridgehead atoms. The van der Waals surface area contributed by atoms with Gasteiger partial charge in [-0.25, -0.2) is 13.6 Å². The molecule has 28 heavy (non-hydrogen) atoms. The highest BCUT2D eigenvalue weighted by atomic mass is 19.1. The zero-order valence-electron chi connectivity index (χ0n) is 15.7. The lowest BCUT2D eigenvalue weighted by molar-refractivity contribution is -0.121. The van der Waals surface area contributed by atoms with Gasteiger partial charge in [0.25, 0.3) is 5.56 Å². The van der Waals surface area contributed by atoms with E-state index in [2.05, 4.69) is 15.3 Å². The van der Waals surface area contributed by atoms with Gasteiger partial charge in [0.05, 0.1) is 0 Å². The number of aromatic amines is 2. The summed E-state index contributed by atoms with van der Waals surface area (Å²) in [6.07, 6.45) is 3.08. The van der Waals surface area contributed by atoms with Crippen LogP contribution in [0.25, 0.3) is 0 Å². The molecule has 1 aliphatic carbocycles. The van der Waals surface area contributed by atoms with Crippen molar-refractivity contribution in [2.75, 3.05) is 6.54 Å². The van der Waals surface area contributed by atoms with Crippen molar-refractivity contribution in [2.24, 2.45) is 0 Å². The number of carbonyl (C=O) groups is 1. The zero-order chi connectivity index (χ0) is 20.3. The van der Waals surface area contributed by atoms with E-state index in [1.807, 2.05) is 0 Å². The molecule has 1 aliphatic rings. The number of hydrogen-bond acceptors (Lipinski definition) is 3. The van der Waals surface area contributed by atoms with Crippen LogP contribution in [-0.2, 0) is 16.6 Å². The number of H-pyrrole nitrogens is 2. The highest BCUT2D eigenvalue weighted by Gasteiger charge is 2.40.